The van der Waals surface area contributed by atoms with Gasteiger partial charge in [0.15, 0.2) is 0 Å². The summed E-state index contributed by atoms with van der Waals surface area (Å²) in [6, 6.07) is 18.5. The van der Waals surface area contributed by atoms with E-state index in [0.717, 1.165) is 44.0 Å². The second kappa shape index (κ2) is 9.24. The second-order valence-corrected chi connectivity index (χ2v) is 8.33. The molecule has 0 aromatic heterocycles. The molecule has 2 aromatic carbocycles. The third-order valence-corrected chi connectivity index (χ3v) is 5.72. The minimum Gasteiger partial charge on any atom is -0.336 e. The molecule has 0 saturated carbocycles. The molecule has 4 heteroatoms. The van der Waals surface area contributed by atoms with Crippen molar-refractivity contribution in [3.63, 3.8) is 0 Å². The molecule has 1 fully saturated rings. The van der Waals surface area contributed by atoms with E-state index in [0.29, 0.717) is 5.92 Å². The first-order valence-electron chi connectivity index (χ1n) is 9.40. The quantitative estimate of drug-likeness (QED) is 0.707. The highest BCUT2D eigenvalue weighted by atomic mass is 32.2. The van der Waals surface area contributed by atoms with E-state index in [9.17, 15) is 4.79 Å². The molecule has 0 atom stereocenters. The molecule has 0 N–H and O–H groups in total. The maximum atomic E-state index is 12.7. The van der Waals surface area contributed by atoms with Gasteiger partial charge < -0.3 is 4.90 Å². The predicted molar refractivity (Wildman–Crippen MR) is 110 cm³/mol. The summed E-state index contributed by atoms with van der Waals surface area (Å²) in [7, 11) is 0. The van der Waals surface area contributed by atoms with Gasteiger partial charge in [0.05, 0.1) is 0 Å². The first kappa shape index (κ1) is 19.0. The van der Waals surface area contributed by atoms with E-state index in [1.165, 1.54) is 10.5 Å². The lowest BCUT2D eigenvalue weighted by atomic mass is 10.1. The summed E-state index contributed by atoms with van der Waals surface area (Å²) in [4.78, 5) is 18.4. The molecule has 0 bridgehead atoms. The summed E-state index contributed by atoms with van der Waals surface area (Å²) in [5, 5.41) is 0. The number of thioether (sulfide) groups is 1. The highest BCUT2D eigenvalue weighted by Gasteiger charge is 2.22. The van der Waals surface area contributed by atoms with Crippen molar-refractivity contribution < 1.29 is 4.79 Å². The van der Waals surface area contributed by atoms with Gasteiger partial charge in [-0.1, -0.05) is 44.2 Å². The van der Waals surface area contributed by atoms with Crippen LogP contribution >= 0.6 is 11.8 Å². The SMILES string of the molecule is CC(C)CN1CCN(C(=O)c2ccc(CSc3ccccc3)cc2)CC1. The lowest BCUT2D eigenvalue weighted by Gasteiger charge is -2.35. The maximum Gasteiger partial charge on any atom is 0.253 e. The molecule has 1 aliphatic rings. The van der Waals surface area contributed by atoms with Crippen LogP contribution in [0.15, 0.2) is 59.5 Å². The summed E-state index contributed by atoms with van der Waals surface area (Å²) in [5.41, 5.74) is 2.05. The van der Waals surface area contributed by atoms with E-state index in [1.54, 1.807) is 0 Å². The standard InChI is InChI=1S/C22H28N2OS/c1-18(2)16-23-12-14-24(15-13-23)22(25)20-10-8-19(9-11-20)17-26-21-6-4-3-5-7-21/h3-11,18H,12-17H2,1-2H3. The van der Waals surface area contributed by atoms with Crippen LogP contribution < -0.4 is 0 Å². The Bertz CT molecular complexity index is 692. The Kier molecular flexibility index (Phi) is 6.75. The Morgan fingerprint density at radius 2 is 1.62 bits per heavy atom. The monoisotopic (exact) mass is 368 g/mol. The fourth-order valence-corrected chi connectivity index (χ4v) is 4.13. The van der Waals surface area contributed by atoms with Crippen molar-refractivity contribution >= 4 is 17.7 Å². The average molecular weight is 369 g/mol. The van der Waals surface area contributed by atoms with Crippen LogP contribution in [0.4, 0.5) is 0 Å². The zero-order chi connectivity index (χ0) is 18.4. The minimum absolute atomic E-state index is 0.163. The Labute approximate surface area is 161 Å². The molecule has 2 aromatic rings. The predicted octanol–water partition coefficient (Wildman–Crippen LogP) is 4.39. The van der Waals surface area contributed by atoms with Crippen LogP contribution in [0.25, 0.3) is 0 Å². The van der Waals surface area contributed by atoms with Crippen LogP contribution in [0, 0.1) is 5.92 Å². The summed E-state index contributed by atoms with van der Waals surface area (Å²) >= 11 is 1.82. The molecule has 26 heavy (non-hydrogen) atoms. The van der Waals surface area contributed by atoms with E-state index >= 15 is 0 Å². The fourth-order valence-electron chi connectivity index (χ4n) is 3.26. The second-order valence-electron chi connectivity index (χ2n) is 7.29. The van der Waals surface area contributed by atoms with Gasteiger partial charge in [-0.3, -0.25) is 9.69 Å². The Hall–Kier alpha value is -1.78. The number of hydrogen-bond acceptors (Lipinski definition) is 3. The van der Waals surface area contributed by atoms with E-state index in [2.05, 4.69) is 55.1 Å². The van der Waals surface area contributed by atoms with Gasteiger partial charge in [0, 0.05) is 48.9 Å². The maximum absolute atomic E-state index is 12.7. The molecule has 3 nitrogen and oxygen atoms in total. The first-order valence-corrected chi connectivity index (χ1v) is 10.4. The molecule has 1 aliphatic heterocycles. The minimum atomic E-state index is 0.163. The molecule has 3 rings (SSSR count). The normalized spacial score (nSPS) is 15.4. The van der Waals surface area contributed by atoms with Gasteiger partial charge in [-0.05, 0) is 35.7 Å². The van der Waals surface area contributed by atoms with Crippen LogP contribution in [-0.2, 0) is 5.75 Å². The average Bonchev–Trinajstić information content (AvgIpc) is 2.67. The lowest BCUT2D eigenvalue weighted by molar-refractivity contribution is 0.0624. The molecule has 138 valence electrons. The van der Waals surface area contributed by atoms with Crippen molar-refractivity contribution in [1.82, 2.24) is 9.80 Å². The van der Waals surface area contributed by atoms with Gasteiger partial charge in [-0.25, -0.2) is 0 Å². The number of rotatable bonds is 6. The van der Waals surface area contributed by atoms with Crippen LogP contribution in [-0.4, -0.2) is 48.4 Å². The largest absolute Gasteiger partial charge is 0.336 e. The van der Waals surface area contributed by atoms with Gasteiger partial charge >= 0.3 is 0 Å². The van der Waals surface area contributed by atoms with Crippen molar-refractivity contribution in [2.24, 2.45) is 5.92 Å². The van der Waals surface area contributed by atoms with Crippen molar-refractivity contribution in [3.8, 4) is 0 Å². The fraction of sp³-hybridized carbons (Fsp3) is 0.409. The zero-order valence-corrected chi connectivity index (χ0v) is 16.5. The van der Waals surface area contributed by atoms with Crippen molar-refractivity contribution in [2.45, 2.75) is 24.5 Å². The first-order chi connectivity index (χ1) is 12.6. The van der Waals surface area contributed by atoms with Gasteiger partial charge in [-0.2, -0.15) is 0 Å². The third-order valence-electron chi connectivity index (χ3n) is 4.63. The van der Waals surface area contributed by atoms with Crippen molar-refractivity contribution in [3.05, 3.63) is 65.7 Å². The number of nitrogens with zero attached hydrogens (tertiary/aromatic N) is 2. The number of benzene rings is 2. The summed E-state index contributed by atoms with van der Waals surface area (Å²) in [6.45, 7) is 9.24. The number of piperazine rings is 1. The molecule has 0 radical (unpaired) electrons. The van der Waals surface area contributed by atoms with Crippen LogP contribution in [0.2, 0.25) is 0 Å². The zero-order valence-electron chi connectivity index (χ0n) is 15.7. The Morgan fingerprint density at radius 3 is 2.23 bits per heavy atom. The smallest absolute Gasteiger partial charge is 0.253 e. The van der Waals surface area contributed by atoms with Crippen LogP contribution in [0.1, 0.15) is 29.8 Å². The molecule has 0 spiro atoms. The van der Waals surface area contributed by atoms with E-state index in [-0.39, 0.29) is 5.91 Å². The number of carbonyl (C=O) groups excluding carboxylic acids is 1. The molecular weight excluding hydrogens is 340 g/mol. The number of hydrogen-bond donors (Lipinski definition) is 0. The van der Waals surface area contributed by atoms with Crippen molar-refractivity contribution in [2.75, 3.05) is 32.7 Å². The highest BCUT2D eigenvalue weighted by Crippen LogP contribution is 2.22. The van der Waals surface area contributed by atoms with Gasteiger partial charge in [0.1, 0.15) is 0 Å². The number of carbonyl (C=O) groups is 1. The van der Waals surface area contributed by atoms with E-state index in [4.69, 9.17) is 0 Å². The Morgan fingerprint density at radius 1 is 0.962 bits per heavy atom. The van der Waals surface area contributed by atoms with Gasteiger partial charge in [0.2, 0.25) is 0 Å². The van der Waals surface area contributed by atoms with Crippen LogP contribution in [0.5, 0.6) is 0 Å². The summed E-state index contributed by atoms with van der Waals surface area (Å²) in [6.07, 6.45) is 0. The molecule has 1 heterocycles. The summed E-state index contributed by atoms with van der Waals surface area (Å²) < 4.78 is 0. The number of amides is 1. The lowest BCUT2D eigenvalue weighted by Crippen LogP contribution is -2.49. The third kappa shape index (κ3) is 5.36. The molecule has 0 aliphatic carbocycles. The summed E-state index contributed by atoms with van der Waals surface area (Å²) in [5.74, 6) is 1.77. The van der Waals surface area contributed by atoms with Crippen LogP contribution in [0.3, 0.4) is 0 Å². The molecule has 0 unspecified atom stereocenters. The van der Waals surface area contributed by atoms with Gasteiger partial charge in [-0.15, -0.1) is 11.8 Å². The molecular formula is C22H28N2OS. The molecule has 1 amide bonds. The van der Waals surface area contributed by atoms with Crippen molar-refractivity contribution in [1.29, 1.82) is 0 Å². The Balaban J connectivity index is 1.51. The molecule has 1 saturated heterocycles. The van der Waals surface area contributed by atoms with E-state index < -0.39 is 0 Å². The topological polar surface area (TPSA) is 23.6 Å². The van der Waals surface area contributed by atoms with Gasteiger partial charge in [0.25, 0.3) is 5.91 Å². The highest BCUT2D eigenvalue weighted by molar-refractivity contribution is 7.98. The van der Waals surface area contributed by atoms with E-state index in [1.807, 2.05) is 34.9 Å².